The molecule has 126 heavy (non-hydrogen) atoms. The molecule has 0 aliphatic carbocycles. The van der Waals surface area contributed by atoms with E-state index in [2.05, 4.69) is 482 Å². The van der Waals surface area contributed by atoms with Gasteiger partial charge in [-0.15, -0.1) is 80.7 Å². The van der Waals surface area contributed by atoms with Crippen molar-refractivity contribution in [2.24, 2.45) is 0 Å². The molecule has 2 radical (unpaired) electrons. The number of hydrogen-bond donors (Lipinski definition) is 0. The summed E-state index contributed by atoms with van der Waals surface area (Å²) in [4.78, 5) is 27.8. The first-order chi connectivity index (χ1) is 61.1. The Hall–Kier alpha value is -14.5. The van der Waals surface area contributed by atoms with Gasteiger partial charge in [-0.1, -0.05) is 239 Å². The molecule has 0 bridgehead atoms. The Morgan fingerprint density at radius 3 is 0.548 bits per heavy atom. The minimum atomic E-state index is 0. The van der Waals surface area contributed by atoms with Gasteiger partial charge in [0.1, 0.15) is 0 Å². The van der Waals surface area contributed by atoms with Crippen molar-refractivity contribution in [3.8, 4) is 145 Å². The van der Waals surface area contributed by atoms with Gasteiger partial charge in [-0.25, -0.2) is 12.1 Å². The molecular weight excluding hydrogens is 1890 g/mol. The maximum atomic E-state index is 5.16. The van der Waals surface area contributed by atoms with Gasteiger partial charge in [0, 0.05) is 85.7 Å². The maximum Gasteiger partial charge on any atom is 0.0326 e. The van der Waals surface area contributed by atoms with Crippen LogP contribution in [0.25, 0.3) is 145 Å². The molecule has 12 heteroatoms. The van der Waals surface area contributed by atoms with E-state index >= 15 is 0 Å². The van der Waals surface area contributed by atoms with Crippen molar-refractivity contribution in [3.05, 3.63) is 439 Å². The third-order valence-electron chi connectivity index (χ3n) is 24.2. The van der Waals surface area contributed by atoms with E-state index in [1.54, 1.807) is 0 Å². The molecule has 16 aromatic carbocycles. The van der Waals surface area contributed by atoms with Gasteiger partial charge in [0.2, 0.25) is 0 Å². The Morgan fingerprint density at radius 2 is 0.365 bits per heavy atom. The normalized spacial score (nSPS) is 13.0. The predicted molar refractivity (Wildman–Crippen MR) is 511 cm³/mol. The van der Waals surface area contributed by atoms with Crippen molar-refractivity contribution in [2.45, 2.75) is 0 Å². The third-order valence-corrected chi connectivity index (χ3v) is 24.2. The number of nitrogens with zero attached hydrogens (tertiary/aromatic N) is 10. The molecule has 0 N–H and O–H groups in total. The quantitative estimate of drug-likeness (QED) is 0.0824. The van der Waals surface area contributed by atoms with Crippen LogP contribution >= 0.6 is 0 Å². The Kier molecular flexibility index (Phi) is 21.6. The number of para-hydroxylation sites is 8. The fraction of sp³-hybridized carbons (Fsp3) is 0.0351. The average Bonchev–Trinajstić information content (AvgIpc) is 1.69. The zero-order valence-electron chi connectivity index (χ0n) is 69.2. The van der Waals surface area contributed by atoms with Crippen LogP contribution in [-0.4, -0.2) is 38.2 Å². The Labute approximate surface area is 764 Å². The predicted octanol–water partition coefficient (Wildman–Crippen LogP) is 27.8. The number of aromatic nitrogens is 2. The summed E-state index contributed by atoms with van der Waals surface area (Å²) in [5, 5.41) is 0. The van der Waals surface area contributed by atoms with E-state index < -0.39 is 0 Å². The van der Waals surface area contributed by atoms with Gasteiger partial charge in [0.05, 0.1) is 0 Å². The van der Waals surface area contributed by atoms with Crippen LogP contribution in [0.2, 0.25) is 0 Å². The second-order valence-corrected chi connectivity index (χ2v) is 31.8. The molecule has 10 nitrogen and oxygen atoms in total. The second-order valence-electron chi connectivity index (χ2n) is 31.8. The second kappa shape index (κ2) is 34.0. The molecule has 18 aromatic rings. The largest absolute Gasteiger partial charge is 0.504 e. The van der Waals surface area contributed by atoms with Crippen molar-refractivity contribution in [1.29, 1.82) is 0 Å². The summed E-state index contributed by atoms with van der Waals surface area (Å²) in [6.07, 6.45) is 3.90. The summed E-state index contributed by atoms with van der Waals surface area (Å²) in [5.41, 5.74) is 39.6. The molecule has 0 atom stereocenters. The van der Waals surface area contributed by atoms with E-state index in [0.29, 0.717) is 11.4 Å². The van der Waals surface area contributed by atoms with Gasteiger partial charge in [0.15, 0.2) is 0 Å². The van der Waals surface area contributed by atoms with Crippen LogP contribution in [0.15, 0.2) is 376 Å². The van der Waals surface area contributed by atoms with Crippen LogP contribution in [0.3, 0.4) is 0 Å². The molecule has 4 aliphatic rings. The monoisotopic (exact) mass is 1970 g/mol. The van der Waals surface area contributed by atoms with Crippen LogP contribution < -0.4 is 39.2 Å². The maximum absolute atomic E-state index is 5.16. The van der Waals surface area contributed by atoms with Crippen LogP contribution in [0.4, 0.5) is 68.2 Å². The number of rotatable bonds is 17. The van der Waals surface area contributed by atoms with E-state index in [0.717, 1.165) is 202 Å². The molecule has 0 saturated heterocycles. The van der Waals surface area contributed by atoms with Crippen LogP contribution in [0.1, 0.15) is 0 Å². The van der Waals surface area contributed by atoms with E-state index in [-0.39, 0.29) is 40.2 Å². The molecule has 0 amide bonds. The van der Waals surface area contributed by atoms with Crippen molar-refractivity contribution >= 4 is 68.2 Å². The molecule has 0 fully saturated rings. The van der Waals surface area contributed by atoms with Gasteiger partial charge in [-0.3, -0.25) is 0 Å². The number of fused-ring (bicyclic) bond motifs is 4. The van der Waals surface area contributed by atoms with Gasteiger partial charge < -0.3 is 49.2 Å². The van der Waals surface area contributed by atoms with Crippen LogP contribution in [-0.2, 0) is 40.2 Å². The average molecular weight is 1970 g/mol. The molecule has 2 aromatic heterocycles. The van der Waals surface area contributed by atoms with Gasteiger partial charge >= 0.3 is 0 Å². The zero-order valence-corrected chi connectivity index (χ0v) is 74.0. The molecule has 22 rings (SSSR count). The standard InChI is InChI=1S/C114H78N10.2Ir/c1-117-73-121(111-41-21-17-37-107(111)117)89-55-45-77(46-56-89)93-25-5-11-31-99(93)83-65-84(100-32-12-6-26-94(100)78-47-57-90(58-48-78)122-74-118(2)108-38-18-22-42-112(108)122)68-87(67-83)103-35-15-9-29-97(103)81-53-63-105(115-71-81)106-64-54-82(72-116-106)98-30-10-16-36-104(98)88-69-85(101-33-13-7-27-95(101)79-49-59-91(60-50-79)123-75-119(3)109-39-19-23-43-113(109)123)66-86(70-88)102-34-14-8-28-96(102)80-51-61-92(62-52-80)124-76-120(4)110-40-20-24-44-114(110)124;;/h5-55,57,59,61,65-76H,1-4H3;;/q-10;;. The van der Waals surface area contributed by atoms with E-state index in [1.807, 2.05) is 24.5 Å². The summed E-state index contributed by atoms with van der Waals surface area (Å²) in [6.45, 7) is 8.49. The molecule has 612 valence electrons. The van der Waals surface area contributed by atoms with E-state index in [4.69, 9.17) is 9.97 Å². The molecule has 0 spiro atoms. The number of hydrogen-bond acceptors (Lipinski definition) is 10. The van der Waals surface area contributed by atoms with Gasteiger partial charge in [0.25, 0.3) is 0 Å². The first kappa shape index (κ1) is 80.0. The van der Waals surface area contributed by atoms with Gasteiger partial charge in [-0.2, -0.15) is 112 Å². The molecule has 4 aliphatic heterocycles. The number of anilines is 12. The van der Waals surface area contributed by atoms with Crippen molar-refractivity contribution < 1.29 is 40.2 Å². The summed E-state index contributed by atoms with van der Waals surface area (Å²) in [5.74, 6) is 0. The van der Waals surface area contributed by atoms with Crippen molar-refractivity contribution in [3.63, 3.8) is 0 Å². The Morgan fingerprint density at radius 1 is 0.190 bits per heavy atom. The number of benzene rings is 16. The van der Waals surface area contributed by atoms with Crippen LogP contribution in [0.5, 0.6) is 0 Å². The first-order valence-electron chi connectivity index (χ1n) is 41.7. The number of pyridine rings is 2. The zero-order chi connectivity index (χ0) is 82.9. The summed E-state index contributed by atoms with van der Waals surface area (Å²) >= 11 is 0. The first-order valence-corrected chi connectivity index (χ1v) is 41.7. The van der Waals surface area contributed by atoms with Crippen molar-refractivity contribution in [2.75, 3.05) is 67.4 Å². The van der Waals surface area contributed by atoms with Crippen LogP contribution in [0, 0.1) is 63.1 Å². The molecule has 0 unspecified atom stereocenters. The molecular formula is C114H78Ir2N10-10. The molecule has 0 saturated carbocycles. The minimum absolute atomic E-state index is 0. The smallest absolute Gasteiger partial charge is 0.0326 e. The summed E-state index contributed by atoms with van der Waals surface area (Å²) < 4.78 is 0. The summed E-state index contributed by atoms with van der Waals surface area (Å²) in [7, 11) is 8.34. The van der Waals surface area contributed by atoms with Crippen molar-refractivity contribution in [1.82, 2.24) is 9.97 Å². The van der Waals surface area contributed by atoms with Gasteiger partial charge in [-0.05, 0) is 192 Å². The fourth-order valence-electron chi connectivity index (χ4n) is 18.1. The third kappa shape index (κ3) is 14.8. The Bertz CT molecular complexity index is 6340. The van der Waals surface area contributed by atoms with E-state index in [9.17, 15) is 0 Å². The summed E-state index contributed by atoms with van der Waals surface area (Å²) in [6, 6.07) is 152. The van der Waals surface area contributed by atoms with E-state index in [1.165, 1.54) is 0 Å². The molecule has 6 heterocycles. The Balaban J connectivity index is 0.00000501. The fourth-order valence-corrected chi connectivity index (χ4v) is 18.1. The topological polar surface area (TPSA) is 51.7 Å². The minimum Gasteiger partial charge on any atom is -0.504 e. The SMILES string of the molecule is CN1[CH-]N(c2[c-]cc(-c3ccccc3-c3cc(-c4ccccc4-c4c[c-]c(N5[CH-]N(C)c6ccccc65)cc4)cc(-c4ccccc4-c4c[c-]c(-c5[c-]cc(-c6ccccc6-c6cc(-c7ccccc7-c7c[c-]c(N8[CH-]N(C)c9ccccc98)cc7)cc(-c7ccccc7-c7c[c-]c(N8[CH-]N(C)c9ccccc98)cc7)c6)cn5)nc4)c3)cc2)c2ccccc21.[Ir].[Ir].